The average Bonchev–Trinajstić information content (AvgIpc) is 2.43. The molecule has 0 aliphatic heterocycles. The molecular formula is C10H8O3. The molecule has 3 heteroatoms. The van der Waals surface area contributed by atoms with Gasteiger partial charge in [0.05, 0.1) is 7.11 Å². The number of ketones is 2. The van der Waals surface area contributed by atoms with Gasteiger partial charge in [0.25, 0.3) is 0 Å². The second kappa shape index (κ2) is 2.69. The van der Waals surface area contributed by atoms with E-state index in [1.54, 1.807) is 18.2 Å². The van der Waals surface area contributed by atoms with Gasteiger partial charge in [-0.2, -0.15) is 0 Å². The normalized spacial score (nSPS) is 14.5. The van der Waals surface area contributed by atoms with Crippen molar-refractivity contribution in [2.45, 2.75) is 6.42 Å². The Labute approximate surface area is 75.3 Å². The summed E-state index contributed by atoms with van der Waals surface area (Å²) in [5.41, 5.74) is 1.21. The van der Waals surface area contributed by atoms with Gasteiger partial charge in [0, 0.05) is 17.5 Å². The largest absolute Gasteiger partial charge is 0.496 e. The van der Waals surface area contributed by atoms with Crippen molar-refractivity contribution < 1.29 is 14.3 Å². The van der Waals surface area contributed by atoms with E-state index < -0.39 is 5.78 Å². The molecule has 1 aromatic rings. The van der Waals surface area contributed by atoms with Crippen molar-refractivity contribution >= 4 is 11.6 Å². The Kier molecular flexibility index (Phi) is 1.65. The summed E-state index contributed by atoms with van der Waals surface area (Å²) in [6.45, 7) is 0. The summed E-state index contributed by atoms with van der Waals surface area (Å²) in [4.78, 5) is 22.4. The summed E-state index contributed by atoms with van der Waals surface area (Å²) in [5.74, 6) is -0.120. The van der Waals surface area contributed by atoms with Gasteiger partial charge < -0.3 is 4.74 Å². The Balaban J connectivity index is 2.62. The standard InChI is InChI=1S/C10H8O3/c1-13-9-4-2-3-6-7(9)5-8(11)10(6)12/h2-4H,5H2,1H3. The second-order valence-electron chi connectivity index (χ2n) is 2.92. The number of hydrogen-bond donors (Lipinski definition) is 0. The zero-order valence-electron chi connectivity index (χ0n) is 7.16. The molecule has 0 spiro atoms. The maximum atomic E-state index is 11.3. The summed E-state index contributed by atoms with van der Waals surface area (Å²) in [6, 6.07) is 5.13. The third-order valence-electron chi connectivity index (χ3n) is 2.19. The molecular weight excluding hydrogens is 168 g/mol. The maximum Gasteiger partial charge on any atom is 0.229 e. The second-order valence-corrected chi connectivity index (χ2v) is 2.92. The van der Waals surface area contributed by atoms with E-state index in [0.29, 0.717) is 11.3 Å². The lowest BCUT2D eigenvalue weighted by Crippen LogP contribution is -2.05. The van der Waals surface area contributed by atoms with Crippen molar-refractivity contribution in [2.75, 3.05) is 7.11 Å². The van der Waals surface area contributed by atoms with Crippen molar-refractivity contribution in [2.24, 2.45) is 0 Å². The predicted octanol–water partition coefficient (Wildman–Crippen LogP) is 1.00. The van der Waals surface area contributed by atoms with Crippen LogP contribution in [0.2, 0.25) is 0 Å². The minimum Gasteiger partial charge on any atom is -0.496 e. The predicted molar refractivity (Wildman–Crippen MR) is 46.0 cm³/mol. The molecule has 1 aliphatic rings. The van der Waals surface area contributed by atoms with Crippen LogP contribution in [-0.2, 0) is 11.2 Å². The topological polar surface area (TPSA) is 43.4 Å². The highest BCUT2D eigenvalue weighted by molar-refractivity contribution is 6.47. The van der Waals surface area contributed by atoms with Gasteiger partial charge in [0.15, 0.2) is 0 Å². The molecule has 0 amide bonds. The summed E-state index contributed by atoms with van der Waals surface area (Å²) < 4.78 is 5.05. The highest BCUT2D eigenvalue weighted by atomic mass is 16.5. The van der Waals surface area contributed by atoms with Gasteiger partial charge in [0.2, 0.25) is 11.6 Å². The molecule has 66 valence electrons. The molecule has 0 saturated heterocycles. The number of fused-ring (bicyclic) bond motifs is 1. The van der Waals surface area contributed by atoms with Crippen LogP contribution in [0.15, 0.2) is 18.2 Å². The molecule has 1 aliphatic carbocycles. The van der Waals surface area contributed by atoms with E-state index in [4.69, 9.17) is 4.74 Å². The monoisotopic (exact) mass is 176 g/mol. The Hall–Kier alpha value is -1.64. The molecule has 1 aromatic carbocycles. The van der Waals surface area contributed by atoms with Gasteiger partial charge in [-0.3, -0.25) is 9.59 Å². The van der Waals surface area contributed by atoms with Crippen molar-refractivity contribution in [1.82, 2.24) is 0 Å². The lowest BCUT2D eigenvalue weighted by Gasteiger charge is -2.03. The smallest absolute Gasteiger partial charge is 0.229 e. The zero-order valence-corrected chi connectivity index (χ0v) is 7.16. The van der Waals surface area contributed by atoms with Crippen LogP contribution in [-0.4, -0.2) is 18.7 Å². The molecule has 3 nitrogen and oxygen atoms in total. The number of benzene rings is 1. The lowest BCUT2D eigenvalue weighted by atomic mass is 10.1. The molecule has 0 heterocycles. The molecule has 0 fully saturated rings. The van der Waals surface area contributed by atoms with Gasteiger partial charge >= 0.3 is 0 Å². The Morgan fingerprint density at radius 2 is 2.08 bits per heavy atom. The van der Waals surface area contributed by atoms with E-state index in [2.05, 4.69) is 0 Å². The van der Waals surface area contributed by atoms with Crippen LogP contribution < -0.4 is 4.74 Å². The third kappa shape index (κ3) is 1.04. The number of carbonyl (C=O) groups is 2. The summed E-state index contributed by atoms with van der Waals surface area (Å²) in [5, 5.41) is 0. The highest BCUT2D eigenvalue weighted by Crippen LogP contribution is 2.28. The Morgan fingerprint density at radius 3 is 2.77 bits per heavy atom. The minimum absolute atomic E-state index is 0.179. The fourth-order valence-electron chi connectivity index (χ4n) is 1.54. The van der Waals surface area contributed by atoms with Crippen molar-refractivity contribution in [3.05, 3.63) is 29.3 Å². The molecule has 0 radical (unpaired) electrons. The molecule has 0 atom stereocenters. The number of ether oxygens (including phenoxy) is 1. The fraction of sp³-hybridized carbons (Fsp3) is 0.200. The first kappa shape index (κ1) is 7.98. The van der Waals surface area contributed by atoms with Crippen LogP contribution in [0.3, 0.4) is 0 Å². The summed E-state index contributed by atoms with van der Waals surface area (Å²) in [7, 11) is 1.53. The maximum absolute atomic E-state index is 11.3. The number of rotatable bonds is 1. The lowest BCUT2D eigenvalue weighted by molar-refractivity contribution is -0.114. The third-order valence-corrected chi connectivity index (χ3v) is 2.19. The Bertz CT molecular complexity index is 393. The first-order valence-electron chi connectivity index (χ1n) is 3.97. The molecule has 0 saturated carbocycles. The Morgan fingerprint density at radius 1 is 1.31 bits per heavy atom. The molecule has 0 N–H and O–H groups in total. The van der Waals surface area contributed by atoms with E-state index in [9.17, 15) is 9.59 Å². The molecule has 0 aromatic heterocycles. The first-order chi connectivity index (χ1) is 6.24. The molecule has 0 unspecified atom stereocenters. The number of hydrogen-bond acceptors (Lipinski definition) is 3. The van der Waals surface area contributed by atoms with Crippen LogP contribution in [0.1, 0.15) is 15.9 Å². The average molecular weight is 176 g/mol. The van der Waals surface area contributed by atoms with E-state index in [-0.39, 0.29) is 12.2 Å². The van der Waals surface area contributed by atoms with Crippen molar-refractivity contribution in [3.8, 4) is 5.75 Å². The van der Waals surface area contributed by atoms with Gasteiger partial charge in [-0.15, -0.1) is 0 Å². The summed E-state index contributed by atoms with van der Waals surface area (Å²) in [6.07, 6.45) is 0.179. The SMILES string of the molecule is COc1cccc2c1CC(=O)C2=O. The number of carbonyl (C=O) groups excluding carboxylic acids is 2. The van der Waals surface area contributed by atoms with Crippen LogP contribution in [0.5, 0.6) is 5.75 Å². The number of methoxy groups -OCH3 is 1. The van der Waals surface area contributed by atoms with Gasteiger partial charge in [-0.25, -0.2) is 0 Å². The molecule has 0 bridgehead atoms. The van der Waals surface area contributed by atoms with Crippen LogP contribution in [0, 0.1) is 0 Å². The molecule has 2 rings (SSSR count). The minimum atomic E-state index is -0.395. The van der Waals surface area contributed by atoms with Gasteiger partial charge in [-0.05, 0) is 6.07 Å². The quantitative estimate of drug-likeness (QED) is 0.599. The van der Waals surface area contributed by atoms with Crippen molar-refractivity contribution in [3.63, 3.8) is 0 Å². The van der Waals surface area contributed by atoms with Crippen molar-refractivity contribution in [1.29, 1.82) is 0 Å². The van der Waals surface area contributed by atoms with Crippen LogP contribution in [0.25, 0.3) is 0 Å². The van der Waals surface area contributed by atoms with E-state index in [1.807, 2.05) is 0 Å². The zero-order chi connectivity index (χ0) is 9.42. The first-order valence-corrected chi connectivity index (χ1v) is 3.97. The van der Waals surface area contributed by atoms with Crippen LogP contribution >= 0.6 is 0 Å². The van der Waals surface area contributed by atoms with E-state index in [1.165, 1.54) is 7.11 Å². The van der Waals surface area contributed by atoms with E-state index >= 15 is 0 Å². The van der Waals surface area contributed by atoms with Gasteiger partial charge in [-0.1, -0.05) is 12.1 Å². The summed E-state index contributed by atoms with van der Waals surface area (Å²) >= 11 is 0. The van der Waals surface area contributed by atoms with E-state index in [0.717, 1.165) is 5.56 Å². The highest BCUT2D eigenvalue weighted by Gasteiger charge is 2.30. The molecule has 13 heavy (non-hydrogen) atoms. The van der Waals surface area contributed by atoms with Gasteiger partial charge in [0.1, 0.15) is 5.75 Å². The number of Topliss-reactive ketones (excluding diaryl/α,β-unsaturated/α-hetero) is 2. The van der Waals surface area contributed by atoms with Crippen LogP contribution in [0.4, 0.5) is 0 Å². The fourth-order valence-corrected chi connectivity index (χ4v) is 1.54.